The van der Waals surface area contributed by atoms with Gasteiger partial charge in [-0.2, -0.15) is 0 Å². The van der Waals surface area contributed by atoms with Crippen LogP contribution in [0.3, 0.4) is 0 Å². The number of oxime groups is 1. The predicted octanol–water partition coefficient (Wildman–Crippen LogP) is 1.65. The van der Waals surface area contributed by atoms with Crippen molar-refractivity contribution in [2.75, 3.05) is 13.7 Å². The zero-order valence-corrected chi connectivity index (χ0v) is 9.39. The Bertz CT molecular complexity index is 285. The molecule has 0 aromatic heterocycles. The van der Waals surface area contributed by atoms with E-state index < -0.39 is 12.1 Å². The van der Waals surface area contributed by atoms with Crippen LogP contribution in [0.5, 0.6) is 0 Å². The number of carbonyl (C=O) groups is 2. The van der Waals surface area contributed by atoms with Gasteiger partial charge in [0.2, 0.25) is 0 Å². The third-order valence-corrected chi connectivity index (χ3v) is 1.49. The van der Waals surface area contributed by atoms with Crippen LogP contribution in [0.4, 0.5) is 4.79 Å². The highest BCUT2D eigenvalue weighted by molar-refractivity contribution is 6.36. The normalized spacial score (nSPS) is 10.5. The van der Waals surface area contributed by atoms with Gasteiger partial charge in [-0.15, -0.1) is 6.58 Å². The van der Waals surface area contributed by atoms with Gasteiger partial charge in [0.05, 0.1) is 13.7 Å². The zero-order chi connectivity index (χ0) is 12.4. The Hall–Kier alpha value is -1.85. The van der Waals surface area contributed by atoms with Crippen molar-refractivity contribution in [2.45, 2.75) is 19.8 Å². The first kappa shape index (κ1) is 14.2. The van der Waals surface area contributed by atoms with E-state index in [1.165, 1.54) is 0 Å². The Balaban J connectivity index is 4.44. The van der Waals surface area contributed by atoms with Gasteiger partial charge in [-0.05, 0) is 13.3 Å². The lowest BCUT2D eigenvalue weighted by Gasteiger charge is -2.03. The average Bonchev–Trinajstić information content (AvgIpc) is 2.29. The largest absolute Gasteiger partial charge is 0.534 e. The van der Waals surface area contributed by atoms with E-state index in [4.69, 9.17) is 4.74 Å². The number of esters is 1. The number of hydrogen-bond acceptors (Lipinski definition) is 6. The Morgan fingerprint density at radius 2 is 2.12 bits per heavy atom. The molecule has 6 nitrogen and oxygen atoms in total. The van der Waals surface area contributed by atoms with E-state index >= 15 is 0 Å². The summed E-state index contributed by atoms with van der Waals surface area (Å²) in [7, 11) is 1.14. The number of methoxy groups -OCH3 is 1. The molecule has 0 amide bonds. The van der Waals surface area contributed by atoms with Crippen molar-refractivity contribution in [1.82, 2.24) is 0 Å². The van der Waals surface area contributed by atoms with E-state index in [-0.39, 0.29) is 12.3 Å². The fourth-order valence-electron chi connectivity index (χ4n) is 0.768. The van der Waals surface area contributed by atoms with Crippen LogP contribution in [0.25, 0.3) is 0 Å². The van der Waals surface area contributed by atoms with Crippen molar-refractivity contribution in [2.24, 2.45) is 5.16 Å². The minimum Gasteiger partial charge on any atom is -0.461 e. The van der Waals surface area contributed by atoms with Crippen LogP contribution in [0.1, 0.15) is 19.8 Å². The number of hydrogen-bond donors (Lipinski definition) is 0. The van der Waals surface area contributed by atoms with Crippen LogP contribution in [0.15, 0.2) is 17.8 Å². The minimum absolute atomic E-state index is 0.0205. The maximum Gasteiger partial charge on any atom is 0.534 e. The first-order chi connectivity index (χ1) is 7.65. The molecule has 16 heavy (non-hydrogen) atoms. The van der Waals surface area contributed by atoms with Crippen molar-refractivity contribution < 1.29 is 23.9 Å². The molecule has 0 aromatic rings. The highest BCUT2D eigenvalue weighted by Crippen LogP contribution is 1.99. The van der Waals surface area contributed by atoms with Crippen molar-refractivity contribution in [1.29, 1.82) is 0 Å². The molecule has 0 spiro atoms. The predicted molar refractivity (Wildman–Crippen MR) is 57.0 cm³/mol. The molecule has 0 N–H and O–H groups in total. The first-order valence-electron chi connectivity index (χ1n) is 4.75. The molecule has 0 atom stereocenters. The number of allylic oxidation sites excluding steroid dienone is 1. The molecular formula is C10H15NO5. The van der Waals surface area contributed by atoms with E-state index in [1.54, 1.807) is 13.0 Å². The Labute approximate surface area is 93.8 Å². The molecule has 90 valence electrons. The van der Waals surface area contributed by atoms with Gasteiger partial charge in [0, 0.05) is 6.42 Å². The lowest BCUT2D eigenvalue weighted by molar-refractivity contribution is -0.135. The van der Waals surface area contributed by atoms with Gasteiger partial charge in [-0.1, -0.05) is 11.2 Å². The molecule has 0 rings (SSSR count). The highest BCUT2D eigenvalue weighted by atomic mass is 16.8. The maximum absolute atomic E-state index is 11.3. The van der Waals surface area contributed by atoms with Crippen LogP contribution in [0.2, 0.25) is 0 Å². The summed E-state index contributed by atoms with van der Waals surface area (Å²) in [6.07, 6.45) is 1.45. The average molecular weight is 229 g/mol. The second kappa shape index (κ2) is 8.46. The van der Waals surface area contributed by atoms with E-state index in [9.17, 15) is 9.59 Å². The third-order valence-electron chi connectivity index (χ3n) is 1.49. The van der Waals surface area contributed by atoms with Gasteiger partial charge in [0.15, 0.2) is 5.71 Å². The van der Waals surface area contributed by atoms with Crippen LogP contribution in [-0.4, -0.2) is 31.6 Å². The lowest BCUT2D eigenvalue weighted by atomic mass is 10.2. The molecule has 0 saturated carbocycles. The summed E-state index contributed by atoms with van der Waals surface area (Å²) < 4.78 is 8.94. The first-order valence-corrected chi connectivity index (χ1v) is 4.75. The smallest absolute Gasteiger partial charge is 0.461 e. The topological polar surface area (TPSA) is 74.2 Å². The standard InChI is InChI=1S/C10H15NO5/c1-4-6-7-8(9(12)15-5-2)11-16-10(13)14-3/h4H,1,5-7H2,2-3H3/b11-8+. The lowest BCUT2D eigenvalue weighted by Crippen LogP contribution is -2.18. The molecule has 0 fully saturated rings. The van der Waals surface area contributed by atoms with Crippen molar-refractivity contribution >= 4 is 17.8 Å². The van der Waals surface area contributed by atoms with Gasteiger partial charge in [0.25, 0.3) is 0 Å². The molecule has 0 unspecified atom stereocenters. The quantitative estimate of drug-likeness (QED) is 0.227. The van der Waals surface area contributed by atoms with Gasteiger partial charge >= 0.3 is 12.1 Å². The van der Waals surface area contributed by atoms with Crippen LogP contribution in [-0.2, 0) is 19.1 Å². The molecule has 0 radical (unpaired) electrons. The second-order valence-corrected chi connectivity index (χ2v) is 2.63. The van der Waals surface area contributed by atoms with Crippen LogP contribution >= 0.6 is 0 Å². The molecule has 0 bridgehead atoms. The summed E-state index contributed by atoms with van der Waals surface area (Å²) in [6, 6.07) is 0. The van der Waals surface area contributed by atoms with Crippen molar-refractivity contribution in [3.8, 4) is 0 Å². The van der Waals surface area contributed by atoms with Gasteiger partial charge < -0.3 is 9.47 Å². The molecule has 0 aliphatic heterocycles. The highest BCUT2D eigenvalue weighted by Gasteiger charge is 2.14. The molecule has 6 heteroatoms. The second-order valence-electron chi connectivity index (χ2n) is 2.63. The molecule has 0 aliphatic rings. The molecule has 0 aromatic carbocycles. The number of nitrogens with zero attached hydrogens (tertiary/aromatic N) is 1. The van der Waals surface area contributed by atoms with E-state index in [1.807, 2.05) is 0 Å². The van der Waals surface area contributed by atoms with Gasteiger partial charge in [-0.25, -0.2) is 9.59 Å². The summed E-state index contributed by atoms with van der Waals surface area (Å²) in [4.78, 5) is 26.3. The molecule has 0 saturated heterocycles. The third kappa shape index (κ3) is 5.79. The fourth-order valence-corrected chi connectivity index (χ4v) is 0.768. The summed E-state index contributed by atoms with van der Waals surface area (Å²) in [5, 5.41) is 3.37. The zero-order valence-electron chi connectivity index (χ0n) is 9.39. The van der Waals surface area contributed by atoms with Crippen molar-refractivity contribution in [3.05, 3.63) is 12.7 Å². The molecule has 0 heterocycles. The number of ether oxygens (including phenoxy) is 2. The maximum atomic E-state index is 11.3. The van der Waals surface area contributed by atoms with E-state index in [0.717, 1.165) is 7.11 Å². The van der Waals surface area contributed by atoms with Gasteiger partial charge in [-0.3, -0.25) is 4.84 Å². The van der Waals surface area contributed by atoms with Crippen molar-refractivity contribution in [3.63, 3.8) is 0 Å². The monoisotopic (exact) mass is 229 g/mol. The Kier molecular flexibility index (Phi) is 7.48. The fraction of sp³-hybridized carbons (Fsp3) is 0.500. The van der Waals surface area contributed by atoms with E-state index in [2.05, 4.69) is 21.3 Å². The molecular weight excluding hydrogens is 214 g/mol. The van der Waals surface area contributed by atoms with Crippen LogP contribution in [0, 0.1) is 0 Å². The summed E-state index contributed by atoms with van der Waals surface area (Å²) >= 11 is 0. The Morgan fingerprint density at radius 3 is 2.62 bits per heavy atom. The minimum atomic E-state index is -0.986. The van der Waals surface area contributed by atoms with E-state index in [0.29, 0.717) is 12.8 Å². The van der Waals surface area contributed by atoms with Crippen LogP contribution < -0.4 is 0 Å². The summed E-state index contributed by atoms with van der Waals surface area (Å²) in [6.45, 7) is 5.41. The van der Waals surface area contributed by atoms with Gasteiger partial charge in [0.1, 0.15) is 0 Å². The SMILES string of the molecule is C=CCC/C(=N\OC(=O)OC)C(=O)OCC. The summed E-state index contributed by atoms with van der Waals surface area (Å²) in [5.41, 5.74) is 0.0205. The Morgan fingerprint density at radius 1 is 1.44 bits per heavy atom. The summed E-state index contributed by atoms with van der Waals surface area (Å²) in [5.74, 6) is -0.617. The number of rotatable bonds is 6. The number of carbonyl (C=O) groups excluding carboxylic acids is 2. The molecule has 0 aliphatic carbocycles.